The molecule has 148 valence electrons. The van der Waals surface area contributed by atoms with E-state index in [2.05, 4.69) is 23.2 Å². The molecule has 0 unspecified atom stereocenters. The molecule has 3 aromatic carbocycles. The Labute approximate surface area is 171 Å². The lowest BCUT2D eigenvalue weighted by atomic mass is 9.99. The van der Waals surface area contributed by atoms with Crippen molar-refractivity contribution in [1.29, 1.82) is 0 Å². The summed E-state index contributed by atoms with van der Waals surface area (Å²) in [7, 11) is 1.71. The van der Waals surface area contributed by atoms with Gasteiger partial charge in [-0.25, -0.2) is 0 Å². The molecule has 1 aromatic heterocycles. The Morgan fingerprint density at radius 1 is 0.862 bits per heavy atom. The fraction of sp³-hybridized carbons (Fsp3) is 0.200. The number of fused-ring (bicyclic) bond motifs is 1. The fourth-order valence-electron chi connectivity index (χ4n) is 3.70. The molecule has 29 heavy (non-hydrogen) atoms. The highest BCUT2D eigenvalue weighted by Crippen LogP contribution is 2.38. The second-order valence-electron chi connectivity index (χ2n) is 7.05. The molecule has 0 amide bonds. The molecule has 3 N–H and O–H groups in total. The van der Waals surface area contributed by atoms with Gasteiger partial charge in [0.05, 0.1) is 12.8 Å². The first-order valence-corrected chi connectivity index (χ1v) is 10.0. The molecular formula is C25H26N2O2. The fourth-order valence-corrected chi connectivity index (χ4v) is 3.70. The van der Waals surface area contributed by atoms with E-state index in [1.807, 2.05) is 54.6 Å². The van der Waals surface area contributed by atoms with Crippen LogP contribution < -0.4 is 15.2 Å². The van der Waals surface area contributed by atoms with Crippen LogP contribution in [0.2, 0.25) is 0 Å². The monoisotopic (exact) mass is 386 g/mol. The first kappa shape index (κ1) is 19.1. The van der Waals surface area contributed by atoms with Gasteiger partial charge in [-0.15, -0.1) is 0 Å². The van der Waals surface area contributed by atoms with Gasteiger partial charge in [-0.05, 0) is 73.8 Å². The summed E-state index contributed by atoms with van der Waals surface area (Å²) >= 11 is 0. The Kier molecular flexibility index (Phi) is 5.82. The third-order valence-electron chi connectivity index (χ3n) is 5.11. The minimum absolute atomic E-state index is 0.703. The van der Waals surface area contributed by atoms with E-state index in [9.17, 15) is 0 Å². The number of nitrogens with two attached hydrogens (primary N) is 1. The summed E-state index contributed by atoms with van der Waals surface area (Å²) in [5, 5.41) is 1.18. The molecule has 1 heterocycles. The molecule has 0 aliphatic rings. The smallest absolute Gasteiger partial charge is 0.128 e. The van der Waals surface area contributed by atoms with Crippen molar-refractivity contribution in [3.05, 3.63) is 78.4 Å². The number of para-hydroxylation sites is 2. The summed E-state index contributed by atoms with van der Waals surface area (Å²) in [6.45, 7) is 0.703. The quantitative estimate of drug-likeness (QED) is 0.370. The Morgan fingerprint density at radius 2 is 1.66 bits per heavy atom. The molecular weight excluding hydrogens is 360 g/mol. The van der Waals surface area contributed by atoms with Crippen molar-refractivity contribution in [2.45, 2.75) is 19.3 Å². The molecule has 0 fully saturated rings. The lowest BCUT2D eigenvalue weighted by molar-refractivity contribution is 0.416. The Morgan fingerprint density at radius 3 is 2.45 bits per heavy atom. The van der Waals surface area contributed by atoms with Crippen molar-refractivity contribution in [3.63, 3.8) is 0 Å². The average Bonchev–Trinajstić information content (AvgIpc) is 3.12. The van der Waals surface area contributed by atoms with E-state index >= 15 is 0 Å². The number of nitrogens with one attached hydrogen (secondary N) is 1. The molecule has 0 spiro atoms. The van der Waals surface area contributed by atoms with Crippen molar-refractivity contribution < 1.29 is 9.47 Å². The summed E-state index contributed by atoms with van der Waals surface area (Å²) in [5.74, 6) is 2.52. The number of ether oxygens (including phenoxy) is 2. The van der Waals surface area contributed by atoms with E-state index in [-0.39, 0.29) is 0 Å². The number of aromatic nitrogens is 1. The Hall–Kier alpha value is -3.24. The van der Waals surface area contributed by atoms with Gasteiger partial charge in [-0.3, -0.25) is 0 Å². The van der Waals surface area contributed by atoms with Crippen LogP contribution in [-0.4, -0.2) is 18.6 Å². The molecule has 0 aliphatic heterocycles. The van der Waals surface area contributed by atoms with Crippen molar-refractivity contribution in [1.82, 2.24) is 4.98 Å². The predicted octanol–water partition coefficient (Wildman–Crippen LogP) is 5.92. The summed E-state index contributed by atoms with van der Waals surface area (Å²) in [5.41, 5.74) is 10.3. The molecule has 4 heteroatoms. The summed E-state index contributed by atoms with van der Waals surface area (Å²) in [4.78, 5) is 3.61. The van der Waals surface area contributed by atoms with Gasteiger partial charge in [0, 0.05) is 16.5 Å². The van der Waals surface area contributed by atoms with Crippen LogP contribution >= 0.6 is 0 Å². The normalized spacial score (nSPS) is 11.0. The highest BCUT2D eigenvalue weighted by molar-refractivity contribution is 5.92. The largest absolute Gasteiger partial charge is 0.496 e. The van der Waals surface area contributed by atoms with Crippen LogP contribution in [0.15, 0.2) is 72.8 Å². The van der Waals surface area contributed by atoms with Crippen LogP contribution in [0.25, 0.3) is 22.2 Å². The summed E-state index contributed by atoms with van der Waals surface area (Å²) < 4.78 is 11.7. The summed E-state index contributed by atoms with van der Waals surface area (Å²) in [6.07, 6.45) is 2.98. The average molecular weight is 386 g/mol. The summed E-state index contributed by atoms with van der Waals surface area (Å²) in [6, 6.07) is 24.2. The van der Waals surface area contributed by atoms with Crippen LogP contribution in [0.3, 0.4) is 0 Å². The third kappa shape index (κ3) is 4.13. The first-order chi connectivity index (χ1) is 14.3. The number of unbranched alkanes of at least 4 members (excludes halogenated alkanes) is 1. The van der Waals surface area contributed by atoms with Crippen LogP contribution in [0.5, 0.6) is 17.2 Å². The van der Waals surface area contributed by atoms with Gasteiger partial charge in [-0.1, -0.05) is 30.3 Å². The molecule has 0 saturated carbocycles. The lowest BCUT2D eigenvalue weighted by Crippen LogP contribution is -1.99. The van der Waals surface area contributed by atoms with Gasteiger partial charge < -0.3 is 20.2 Å². The van der Waals surface area contributed by atoms with E-state index in [1.54, 1.807) is 7.11 Å². The van der Waals surface area contributed by atoms with Gasteiger partial charge in [0.1, 0.15) is 17.2 Å². The zero-order valence-corrected chi connectivity index (χ0v) is 16.7. The third-order valence-corrected chi connectivity index (χ3v) is 5.11. The van der Waals surface area contributed by atoms with Crippen molar-refractivity contribution >= 4 is 10.9 Å². The Bertz CT molecular complexity index is 1090. The molecule has 0 aliphatic carbocycles. The SMILES string of the molecule is COc1ccccc1-c1[nH]c2ccc(Oc3ccccc3)cc2c1CCCCN. The molecule has 0 atom stereocenters. The lowest BCUT2D eigenvalue weighted by Gasteiger charge is -2.10. The minimum atomic E-state index is 0.703. The maximum Gasteiger partial charge on any atom is 0.128 e. The first-order valence-electron chi connectivity index (χ1n) is 10.0. The number of benzene rings is 3. The number of rotatable bonds is 8. The van der Waals surface area contributed by atoms with Crippen molar-refractivity contribution in [2.24, 2.45) is 5.73 Å². The highest BCUT2D eigenvalue weighted by Gasteiger charge is 2.16. The van der Waals surface area contributed by atoms with Gasteiger partial charge in [0.25, 0.3) is 0 Å². The molecule has 4 aromatic rings. The van der Waals surface area contributed by atoms with Crippen LogP contribution in [0.1, 0.15) is 18.4 Å². The van der Waals surface area contributed by atoms with Gasteiger partial charge in [-0.2, -0.15) is 0 Å². The van der Waals surface area contributed by atoms with E-state index < -0.39 is 0 Å². The van der Waals surface area contributed by atoms with E-state index in [0.29, 0.717) is 6.54 Å². The van der Waals surface area contributed by atoms with Crippen molar-refractivity contribution in [2.75, 3.05) is 13.7 Å². The molecule has 0 radical (unpaired) electrons. The maximum atomic E-state index is 6.07. The zero-order chi connectivity index (χ0) is 20.1. The topological polar surface area (TPSA) is 60.3 Å². The maximum absolute atomic E-state index is 6.07. The van der Waals surface area contributed by atoms with Gasteiger partial charge in [0.15, 0.2) is 0 Å². The number of hydrogen-bond acceptors (Lipinski definition) is 3. The molecule has 0 bridgehead atoms. The number of aryl methyl sites for hydroxylation is 1. The van der Waals surface area contributed by atoms with Crippen LogP contribution in [-0.2, 0) is 6.42 Å². The molecule has 0 saturated heterocycles. The zero-order valence-electron chi connectivity index (χ0n) is 16.7. The van der Waals surface area contributed by atoms with E-state index in [0.717, 1.165) is 53.3 Å². The number of methoxy groups -OCH3 is 1. The molecule has 4 nitrogen and oxygen atoms in total. The van der Waals surface area contributed by atoms with Crippen LogP contribution in [0.4, 0.5) is 0 Å². The molecule has 4 rings (SSSR count). The van der Waals surface area contributed by atoms with Gasteiger partial charge in [0.2, 0.25) is 0 Å². The number of H-pyrrole nitrogens is 1. The number of aromatic amines is 1. The second kappa shape index (κ2) is 8.84. The predicted molar refractivity (Wildman–Crippen MR) is 119 cm³/mol. The van der Waals surface area contributed by atoms with Crippen molar-refractivity contribution in [3.8, 4) is 28.5 Å². The van der Waals surface area contributed by atoms with E-state index in [4.69, 9.17) is 15.2 Å². The highest BCUT2D eigenvalue weighted by atomic mass is 16.5. The second-order valence-corrected chi connectivity index (χ2v) is 7.05. The van der Waals surface area contributed by atoms with Gasteiger partial charge >= 0.3 is 0 Å². The minimum Gasteiger partial charge on any atom is -0.496 e. The van der Waals surface area contributed by atoms with E-state index in [1.165, 1.54) is 10.9 Å². The standard InChI is InChI=1S/C25H26N2O2/c1-28-24-13-6-5-12-21(24)25-20(11-7-8-16-26)22-17-19(14-15-23(22)27-25)29-18-9-3-2-4-10-18/h2-6,9-10,12-15,17,27H,7-8,11,16,26H2,1H3. The number of hydrogen-bond donors (Lipinski definition) is 2. The Balaban J connectivity index is 1.79. The van der Waals surface area contributed by atoms with Crippen LogP contribution in [0, 0.1) is 0 Å².